The number of hydrogen-bond acceptors (Lipinski definition) is 1. The summed E-state index contributed by atoms with van der Waals surface area (Å²) in [6.07, 6.45) is 5.88. The van der Waals surface area contributed by atoms with Crippen LogP contribution >= 0.6 is 38.5 Å². The van der Waals surface area contributed by atoms with Gasteiger partial charge in [0.2, 0.25) is 0 Å². The van der Waals surface area contributed by atoms with Gasteiger partial charge in [0.15, 0.2) is 0 Å². The van der Waals surface area contributed by atoms with Crippen LogP contribution in [0.2, 0.25) is 0 Å². The van der Waals surface area contributed by atoms with Crippen LogP contribution in [0.3, 0.4) is 0 Å². The summed E-state index contributed by atoms with van der Waals surface area (Å²) in [4.78, 5) is 0. The molecule has 1 heterocycles. The molecule has 1 nitrogen and oxygen atoms in total. The van der Waals surface area contributed by atoms with Crippen molar-refractivity contribution < 1.29 is 0 Å². The Morgan fingerprint density at radius 2 is 1.95 bits per heavy atom. The first-order valence-electron chi connectivity index (χ1n) is 7.21. The number of allylic oxidation sites excluding steroid dienone is 2. The van der Waals surface area contributed by atoms with E-state index in [1.807, 2.05) is 0 Å². The Bertz CT molecular complexity index is 725. The van der Waals surface area contributed by atoms with E-state index in [0.717, 1.165) is 6.42 Å². The molecule has 0 saturated heterocycles. The van der Waals surface area contributed by atoms with E-state index < -0.39 is 0 Å². The highest BCUT2D eigenvalue weighted by Crippen LogP contribution is 2.50. The largest absolute Gasteiger partial charge is 0.378 e. The molecular formula is C18H15BrIN. The van der Waals surface area contributed by atoms with Gasteiger partial charge in [0.1, 0.15) is 0 Å². The molecule has 0 spiro atoms. The molecule has 0 unspecified atom stereocenters. The molecule has 106 valence electrons. The fraction of sp³-hybridized carbons (Fsp3) is 0.222. The molecule has 3 heteroatoms. The van der Waals surface area contributed by atoms with E-state index in [4.69, 9.17) is 0 Å². The van der Waals surface area contributed by atoms with Crippen molar-refractivity contribution in [3.63, 3.8) is 0 Å². The third-order valence-electron chi connectivity index (χ3n) is 4.57. The van der Waals surface area contributed by atoms with E-state index in [1.165, 1.54) is 24.9 Å². The van der Waals surface area contributed by atoms with Crippen molar-refractivity contribution in [3.05, 3.63) is 73.8 Å². The van der Waals surface area contributed by atoms with E-state index in [0.29, 0.717) is 17.9 Å². The lowest BCUT2D eigenvalue weighted by molar-refractivity contribution is 0.424. The highest BCUT2D eigenvalue weighted by Gasteiger charge is 2.38. The van der Waals surface area contributed by atoms with Crippen LogP contribution in [0.5, 0.6) is 0 Å². The van der Waals surface area contributed by atoms with Gasteiger partial charge in [0, 0.05) is 19.6 Å². The quantitative estimate of drug-likeness (QED) is 0.421. The monoisotopic (exact) mass is 451 g/mol. The maximum Gasteiger partial charge on any atom is 0.0565 e. The van der Waals surface area contributed by atoms with E-state index >= 15 is 0 Å². The van der Waals surface area contributed by atoms with Crippen LogP contribution in [-0.4, -0.2) is 0 Å². The van der Waals surface area contributed by atoms with Crippen LogP contribution in [-0.2, 0) is 0 Å². The van der Waals surface area contributed by atoms with E-state index in [2.05, 4.69) is 98.5 Å². The second-order valence-corrected chi connectivity index (χ2v) is 7.83. The summed E-state index contributed by atoms with van der Waals surface area (Å²) in [6, 6.07) is 15.7. The smallest absolute Gasteiger partial charge is 0.0565 e. The van der Waals surface area contributed by atoms with Gasteiger partial charge in [0.25, 0.3) is 0 Å². The van der Waals surface area contributed by atoms with Crippen LogP contribution in [0.25, 0.3) is 0 Å². The van der Waals surface area contributed by atoms with E-state index in [9.17, 15) is 0 Å². The minimum absolute atomic E-state index is 0.369. The zero-order valence-corrected chi connectivity index (χ0v) is 15.1. The number of fused-ring (bicyclic) bond motifs is 3. The average Bonchev–Trinajstić information content (AvgIpc) is 2.97. The standard InChI is InChI=1S/C18H15BrIN/c19-16-7-2-1-4-14(16)18-13-6-3-5-12(13)15-10-11(20)8-9-17(15)21-18/h1-5,7-10,12-13,18,21H,6H2/t12-,13+,18-/m0/s1. The highest BCUT2D eigenvalue weighted by atomic mass is 127. The van der Waals surface area contributed by atoms with E-state index in [1.54, 1.807) is 0 Å². The van der Waals surface area contributed by atoms with Gasteiger partial charge in [-0.15, -0.1) is 0 Å². The summed E-state index contributed by atoms with van der Waals surface area (Å²) in [5, 5.41) is 3.78. The first kappa shape index (κ1) is 13.8. The minimum atomic E-state index is 0.369. The summed E-state index contributed by atoms with van der Waals surface area (Å²) in [5.41, 5.74) is 4.09. The second-order valence-electron chi connectivity index (χ2n) is 5.73. The Hall–Kier alpha value is -0.810. The molecule has 1 aliphatic carbocycles. The van der Waals surface area contributed by atoms with Crippen molar-refractivity contribution in [2.24, 2.45) is 5.92 Å². The minimum Gasteiger partial charge on any atom is -0.378 e. The third kappa shape index (κ3) is 2.34. The molecule has 0 radical (unpaired) electrons. The summed E-state index contributed by atoms with van der Waals surface area (Å²) >= 11 is 6.12. The van der Waals surface area contributed by atoms with Crippen LogP contribution in [0.15, 0.2) is 59.1 Å². The molecule has 2 aromatic rings. The van der Waals surface area contributed by atoms with Gasteiger partial charge in [-0.2, -0.15) is 0 Å². The summed E-state index contributed by atoms with van der Waals surface area (Å²) in [7, 11) is 0. The van der Waals surface area contributed by atoms with Crippen molar-refractivity contribution in [2.75, 3.05) is 5.32 Å². The molecule has 0 saturated carbocycles. The first-order chi connectivity index (χ1) is 10.2. The van der Waals surface area contributed by atoms with Crippen LogP contribution in [0.4, 0.5) is 5.69 Å². The zero-order valence-electron chi connectivity index (χ0n) is 11.4. The third-order valence-corrected chi connectivity index (χ3v) is 5.96. The van der Waals surface area contributed by atoms with Gasteiger partial charge in [-0.25, -0.2) is 0 Å². The van der Waals surface area contributed by atoms with Crippen LogP contribution in [0, 0.1) is 9.49 Å². The average molecular weight is 452 g/mol. The van der Waals surface area contributed by atoms with Crippen molar-refractivity contribution in [3.8, 4) is 0 Å². The summed E-state index contributed by atoms with van der Waals surface area (Å²) in [5.74, 6) is 1.14. The summed E-state index contributed by atoms with van der Waals surface area (Å²) in [6.45, 7) is 0. The predicted octanol–water partition coefficient (Wildman–Crippen LogP) is 5.88. The van der Waals surface area contributed by atoms with Gasteiger partial charge >= 0.3 is 0 Å². The molecule has 2 aliphatic rings. The lowest BCUT2D eigenvalue weighted by Crippen LogP contribution is -2.29. The Kier molecular flexibility index (Phi) is 3.58. The van der Waals surface area contributed by atoms with Crippen molar-refractivity contribution in [2.45, 2.75) is 18.4 Å². The molecule has 21 heavy (non-hydrogen) atoms. The van der Waals surface area contributed by atoms with Crippen molar-refractivity contribution >= 4 is 44.2 Å². The molecule has 0 amide bonds. The zero-order chi connectivity index (χ0) is 14.4. The first-order valence-corrected chi connectivity index (χ1v) is 9.08. The normalized spacial score (nSPS) is 26.1. The molecule has 0 fully saturated rings. The maximum atomic E-state index is 3.78. The highest BCUT2D eigenvalue weighted by molar-refractivity contribution is 14.1. The Labute approximate surface area is 147 Å². The van der Waals surface area contributed by atoms with Gasteiger partial charge in [0.05, 0.1) is 6.04 Å². The van der Waals surface area contributed by atoms with Gasteiger partial charge in [-0.3, -0.25) is 0 Å². The van der Waals surface area contributed by atoms with Crippen molar-refractivity contribution in [1.82, 2.24) is 0 Å². The van der Waals surface area contributed by atoms with Crippen LogP contribution < -0.4 is 5.32 Å². The lowest BCUT2D eigenvalue weighted by Gasteiger charge is -2.38. The molecule has 2 aromatic carbocycles. The number of rotatable bonds is 1. The second kappa shape index (κ2) is 5.43. The van der Waals surface area contributed by atoms with E-state index in [-0.39, 0.29) is 0 Å². The van der Waals surface area contributed by atoms with Gasteiger partial charge in [-0.1, -0.05) is 46.3 Å². The Morgan fingerprint density at radius 3 is 2.81 bits per heavy atom. The SMILES string of the molecule is Brc1ccccc1[C@H]1Nc2ccc(I)cc2[C@H]2C=CC[C@H]21. The number of anilines is 1. The van der Waals surface area contributed by atoms with Crippen LogP contribution in [0.1, 0.15) is 29.5 Å². The fourth-order valence-electron chi connectivity index (χ4n) is 3.60. The number of halogens is 2. The lowest BCUT2D eigenvalue weighted by atomic mass is 9.77. The van der Waals surface area contributed by atoms with Gasteiger partial charge in [-0.05, 0) is 70.3 Å². The molecule has 1 aliphatic heterocycles. The Morgan fingerprint density at radius 1 is 1.10 bits per heavy atom. The van der Waals surface area contributed by atoms with Gasteiger partial charge < -0.3 is 5.32 Å². The molecule has 0 bridgehead atoms. The topological polar surface area (TPSA) is 12.0 Å². The molecule has 4 rings (SSSR count). The number of nitrogens with one attached hydrogen (secondary N) is 1. The summed E-state index contributed by atoms with van der Waals surface area (Å²) < 4.78 is 2.51. The molecule has 1 N–H and O–H groups in total. The van der Waals surface area contributed by atoms with Crippen molar-refractivity contribution in [1.29, 1.82) is 0 Å². The molecular weight excluding hydrogens is 437 g/mol. The number of hydrogen-bond donors (Lipinski definition) is 1. The maximum absolute atomic E-state index is 3.78. The molecule has 0 aromatic heterocycles. The number of benzene rings is 2. The Balaban J connectivity index is 1.82. The fourth-order valence-corrected chi connectivity index (χ4v) is 4.65. The molecule has 3 atom stereocenters. The predicted molar refractivity (Wildman–Crippen MR) is 99.7 cm³/mol.